The zero-order valence-electron chi connectivity index (χ0n) is 10.8. The highest BCUT2D eigenvalue weighted by Gasteiger charge is 2.30. The van der Waals surface area contributed by atoms with Gasteiger partial charge >= 0.3 is 0 Å². The zero-order chi connectivity index (χ0) is 13.7. The van der Waals surface area contributed by atoms with Crippen molar-refractivity contribution in [2.75, 3.05) is 19.5 Å². The van der Waals surface area contributed by atoms with Crippen molar-refractivity contribution in [1.82, 2.24) is 0 Å². The summed E-state index contributed by atoms with van der Waals surface area (Å²) in [6, 6.07) is 9.74. The van der Waals surface area contributed by atoms with Gasteiger partial charge in [0.1, 0.15) is 6.10 Å². The molecular formula is C13H18O5S. The molecule has 0 amide bonds. The van der Waals surface area contributed by atoms with Crippen molar-refractivity contribution in [1.29, 1.82) is 0 Å². The molecule has 2 atom stereocenters. The molecule has 0 radical (unpaired) electrons. The van der Waals surface area contributed by atoms with E-state index in [1.165, 1.54) is 0 Å². The second-order valence-electron chi connectivity index (χ2n) is 4.54. The van der Waals surface area contributed by atoms with Crippen molar-refractivity contribution in [3.63, 3.8) is 0 Å². The first-order valence-electron chi connectivity index (χ1n) is 6.16. The molecule has 1 heterocycles. The number of benzene rings is 1. The number of hydrogen-bond acceptors (Lipinski definition) is 5. The largest absolute Gasteiger partial charge is 0.378 e. The van der Waals surface area contributed by atoms with Gasteiger partial charge in [-0.2, -0.15) is 8.42 Å². The molecule has 106 valence electrons. The fourth-order valence-electron chi connectivity index (χ4n) is 1.97. The lowest BCUT2D eigenvalue weighted by Crippen LogP contribution is -2.41. The van der Waals surface area contributed by atoms with E-state index in [2.05, 4.69) is 0 Å². The summed E-state index contributed by atoms with van der Waals surface area (Å²) >= 11 is 0. The summed E-state index contributed by atoms with van der Waals surface area (Å²) in [5.41, 5.74) is 1.05. The van der Waals surface area contributed by atoms with Gasteiger partial charge in [-0.05, 0) is 12.0 Å². The molecule has 1 aliphatic heterocycles. The van der Waals surface area contributed by atoms with Gasteiger partial charge in [0.15, 0.2) is 0 Å². The van der Waals surface area contributed by atoms with Gasteiger partial charge in [0, 0.05) is 6.61 Å². The van der Waals surface area contributed by atoms with E-state index >= 15 is 0 Å². The van der Waals surface area contributed by atoms with Crippen molar-refractivity contribution in [2.45, 2.75) is 25.2 Å². The molecule has 5 nitrogen and oxygen atoms in total. The average molecular weight is 286 g/mol. The molecule has 0 aliphatic carbocycles. The minimum absolute atomic E-state index is 0.243. The highest BCUT2D eigenvalue weighted by Crippen LogP contribution is 2.18. The molecule has 2 rings (SSSR count). The lowest BCUT2D eigenvalue weighted by molar-refractivity contribution is -0.107. The molecule has 1 saturated heterocycles. The Kier molecular flexibility index (Phi) is 4.93. The predicted octanol–water partition coefficient (Wildman–Crippen LogP) is 1.34. The quantitative estimate of drug-likeness (QED) is 0.764. The normalized spacial score (nSPS) is 24.3. The van der Waals surface area contributed by atoms with Crippen LogP contribution in [-0.4, -0.2) is 40.1 Å². The smallest absolute Gasteiger partial charge is 0.264 e. The maximum Gasteiger partial charge on any atom is 0.264 e. The number of hydrogen-bond donors (Lipinski definition) is 0. The first-order chi connectivity index (χ1) is 9.04. The third-order valence-electron chi connectivity index (χ3n) is 2.85. The standard InChI is InChI=1S/C13H18O5S/c1-19(14,15)18-13-10-16-8-7-12(13)17-9-11-5-3-2-4-6-11/h2-6,12-13H,7-10H2,1H3. The second kappa shape index (κ2) is 6.47. The predicted molar refractivity (Wildman–Crippen MR) is 70.2 cm³/mol. The summed E-state index contributed by atoms with van der Waals surface area (Å²) in [7, 11) is -3.50. The fourth-order valence-corrected chi connectivity index (χ4v) is 2.60. The van der Waals surface area contributed by atoms with Crippen molar-refractivity contribution < 1.29 is 22.1 Å². The minimum Gasteiger partial charge on any atom is -0.378 e. The van der Waals surface area contributed by atoms with Crippen LogP contribution in [0.25, 0.3) is 0 Å². The third kappa shape index (κ3) is 4.91. The van der Waals surface area contributed by atoms with E-state index in [1.54, 1.807) is 0 Å². The summed E-state index contributed by atoms with van der Waals surface area (Å²) in [6.45, 7) is 1.24. The Morgan fingerprint density at radius 2 is 2.00 bits per heavy atom. The topological polar surface area (TPSA) is 61.8 Å². The van der Waals surface area contributed by atoms with E-state index in [0.29, 0.717) is 19.6 Å². The summed E-state index contributed by atoms with van der Waals surface area (Å²) in [5.74, 6) is 0. The van der Waals surface area contributed by atoms with Gasteiger partial charge in [0.25, 0.3) is 10.1 Å². The van der Waals surface area contributed by atoms with Crippen LogP contribution < -0.4 is 0 Å². The lowest BCUT2D eigenvalue weighted by atomic mass is 10.1. The molecule has 0 spiro atoms. The Hall–Kier alpha value is -0.950. The Morgan fingerprint density at radius 1 is 1.26 bits per heavy atom. The van der Waals surface area contributed by atoms with Crippen molar-refractivity contribution in [3.05, 3.63) is 35.9 Å². The Morgan fingerprint density at radius 3 is 2.68 bits per heavy atom. The van der Waals surface area contributed by atoms with Crippen molar-refractivity contribution >= 4 is 10.1 Å². The van der Waals surface area contributed by atoms with Crippen LogP contribution in [0.5, 0.6) is 0 Å². The molecule has 0 bridgehead atoms. The SMILES string of the molecule is CS(=O)(=O)OC1COCCC1OCc1ccccc1. The van der Waals surface area contributed by atoms with E-state index in [0.717, 1.165) is 11.8 Å². The maximum absolute atomic E-state index is 11.2. The number of rotatable bonds is 5. The molecule has 1 fully saturated rings. The van der Waals surface area contributed by atoms with Crippen LogP contribution in [0.4, 0.5) is 0 Å². The first-order valence-corrected chi connectivity index (χ1v) is 7.98. The van der Waals surface area contributed by atoms with Crippen LogP contribution in [0.1, 0.15) is 12.0 Å². The van der Waals surface area contributed by atoms with Crippen molar-refractivity contribution in [2.24, 2.45) is 0 Å². The van der Waals surface area contributed by atoms with Gasteiger partial charge in [-0.3, -0.25) is 4.18 Å². The van der Waals surface area contributed by atoms with E-state index in [-0.39, 0.29) is 12.7 Å². The Bertz CT molecular complexity index is 485. The van der Waals surface area contributed by atoms with Gasteiger partial charge in [0.05, 0.1) is 25.6 Å². The highest BCUT2D eigenvalue weighted by molar-refractivity contribution is 7.86. The zero-order valence-corrected chi connectivity index (χ0v) is 11.6. The summed E-state index contributed by atoms with van der Waals surface area (Å²) in [5, 5.41) is 0. The van der Waals surface area contributed by atoms with Gasteiger partial charge in [-0.25, -0.2) is 0 Å². The molecule has 1 aliphatic rings. The highest BCUT2D eigenvalue weighted by atomic mass is 32.2. The van der Waals surface area contributed by atoms with Gasteiger partial charge in [-0.1, -0.05) is 30.3 Å². The lowest BCUT2D eigenvalue weighted by Gasteiger charge is -2.30. The van der Waals surface area contributed by atoms with Crippen LogP contribution in [0.15, 0.2) is 30.3 Å². The van der Waals surface area contributed by atoms with E-state index in [4.69, 9.17) is 13.7 Å². The molecule has 0 aromatic heterocycles. The van der Waals surface area contributed by atoms with E-state index < -0.39 is 16.2 Å². The van der Waals surface area contributed by atoms with Gasteiger partial charge < -0.3 is 9.47 Å². The maximum atomic E-state index is 11.2. The van der Waals surface area contributed by atoms with Crippen LogP contribution in [0, 0.1) is 0 Å². The average Bonchev–Trinajstić information content (AvgIpc) is 2.37. The first kappa shape index (κ1) is 14.5. The molecule has 0 saturated carbocycles. The molecule has 19 heavy (non-hydrogen) atoms. The van der Waals surface area contributed by atoms with Crippen LogP contribution >= 0.6 is 0 Å². The fraction of sp³-hybridized carbons (Fsp3) is 0.538. The van der Waals surface area contributed by atoms with Crippen LogP contribution in [0.2, 0.25) is 0 Å². The van der Waals surface area contributed by atoms with Gasteiger partial charge in [0.2, 0.25) is 0 Å². The molecule has 1 aromatic carbocycles. The molecule has 2 unspecified atom stereocenters. The second-order valence-corrected chi connectivity index (χ2v) is 6.14. The molecule has 0 N–H and O–H groups in total. The monoisotopic (exact) mass is 286 g/mol. The summed E-state index contributed by atoms with van der Waals surface area (Å²) in [4.78, 5) is 0. The molecular weight excluding hydrogens is 268 g/mol. The minimum atomic E-state index is -3.50. The third-order valence-corrected chi connectivity index (χ3v) is 3.45. The molecule has 1 aromatic rings. The summed E-state index contributed by atoms with van der Waals surface area (Å²) < 4.78 is 38.4. The van der Waals surface area contributed by atoms with Crippen LogP contribution in [0.3, 0.4) is 0 Å². The van der Waals surface area contributed by atoms with Crippen molar-refractivity contribution in [3.8, 4) is 0 Å². The Labute approximate surface area is 113 Å². The Balaban J connectivity index is 1.92. The van der Waals surface area contributed by atoms with E-state index in [9.17, 15) is 8.42 Å². The van der Waals surface area contributed by atoms with Crippen LogP contribution in [-0.2, 0) is 30.4 Å². The number of ether oxygens (including phenoxy) is 2. The van der Waals surface area contributed by atoms with E-state index in [1.807, 2.05) is 30.3 Å². The molecule has 6 heteroatoms. The van der Waals surface area contributed by atoms with Gasteiger partial charge in [-0.15, -0.1) is 0 Å². The summed E-state index contributed by atoms with van der Waals surface area (Å²) in [6.07, 6.45) is 0.847.